The molecule has 0 saturated heterocycles. The molecule has 80 valence electrons. The molecule has 16 heavy (non-hydrogen) atoms. The van der Waals surface area contributed by atoms with Gasteiger partial charge in [-0.3, -0.25) is 0 Å². The highest BCUT2D eigenvalue weighted by molar-refractivity contribution is 7.71. The zero-order valence-electron chi connectivity index (χ0n) is 8.31. The molecule has 0 unspecified atom stereocenters. The van der Waals surface area contributed by atoms with Gasteiger partial charge in [0.2, 0.25) is 0 Å². The van der Waals surface area contributed by atoms with Crippen molar-refractivity contribution in [1.82, 2.24) is 9.66 Å². The number of hydrogen-bond donors (Lipinski definition) is 2. The fourth-order valence-electron chi connectivity index (χ4n) is 1.73. The Hall–Kier alpha value is -1.59. The Balaban J connectivity index is 2.30. The van der Waals surface area contributed by atoms with Gasteiger partial charge >= 0.3 is 0 Å². The summed E-state index contributed by atoms with van der Waals surface area (Å²) in [5, 5.41) is 3.34. The van der Waals surface area contributed by atoms with Crippen LogP contribution in [0.1, 0.15) is 0 Å². The molecule has 0 saturated carbocycles. The molecule has 0 atom stereocenters. The summed E-state index contributed by atoms with van der Waals surface area (Å²) in [4.78, 5) is 3.10. The number of aromatic nitrogens is 2. The van der Waals surface area contributed by atoms with Crippen molar-refractivity contribution in [3.63, 3.8) is 0 Å². The maximum Gasteiger partial charge on any atom is 0.196 e. The van der Waals surface area contributed by atoms with E-state index in [1.807, 2.05) is 18.3 Å². The maximum atomic E-state index is 5.68. The van der Waals surface area contributed by atoms with E-state index in [2.05, 4.69) is 22.5 Å². The first kappa shape index (κ1) is 9.62. The molecule has 2 heterocycles. The van der Waals surface area contributed by atoms with Crippen LogP contribution in [-0.2, 0) is 0 Å². The van der Waals surface area contributed by atoms with E-state index in [9.17, 15) is 0 Å². The van der Waals surface area contributed by atoms with Crippen LogP contribution in [0.2, 0.25) is 0 Å². The van der Waals surface area contributed by atoms with Crippen LogP contribution in [0.4, 0.5) is 0 Å². The Labute approximate surface area is 101 Å². The van der Waals surface area contributed by atoms with Crippen LogP contribution in [0.15, 0.2) is 35.8 Å². The van der Waals surface area contributed by atoms with Gasteiger partial charge < -0.3 is 10.8 Å². The minimum Gasteiger partial charge on any atom is -0.337 e. The Morgan fingerprint density at radius 3 is 2.88 bits per heavy atom. The van der Waals surface area contributed by atoms with Crippen molar-refractivity contribution in [3.8, 4) is 11.3 Å². The molecular weight excluding hydrogens is 238 g/mol. The summed E-state index contributed by atoms with van der Waals surface area (Å²) >= 11 is 6.78. The summed E-state index contributed by atoms with van der Waals surface area (Å²) in [6, 6.07) is 8.29. The molecule has 3 aromatic rings. The average Bonchev–Trinajstić information content (AvgIpc) is 2.83. The summed E-state index contributed by atoms with van der Waals surface area (Å²) in [5.41, 5.74) is 2.11. The molecule has 0 bridgehead atoms. The summed E-state index contributed by atoms with van der Waals surface area (Å²) in [7, 11) is 0. The van der Waals surface area contributed by atoms with Gasteiger partial charge in [-0.05, 0) is 18.3 Å². The predicted octanol–water partition coefficient (Wildman–Crippen LogP) is 3.14. The topological polar surface area (TPSA) is 46.7 Å². The van der Waals surface area contributed by atoms with Crippen LogP contribution in [0, 0.1) is 4.77 Å². The fraction of sp³-hybridized carbons (Fsp3) is 0. The second kappa shape index (κ2) is 3.47. The Morgan fingerprint density at radius 2 is 2.12 bits per heavy atom. The zero-order chi connectivity index (χ0) is 11.1. The molecule has 0 amide bonds. The van der Waals surface area contributed by atoms with E-state index < -0.39 is 0 Å². The van der Waals surface area contributed by atoms with Crippen molar-refractivity contribution in [2.45, 2.75) is 0 Å². The van der Waals surface area contributed by atoms with E-state index in [-0.39, 0.29) is 0 Å². The molecule has 2 aromatic heterocycles. The Morgan fingerprint density at radius 1 is 1.31 bits per heavy atom. The molecule has 1 aromatic carbocycles. The molecular formula is C11H9N3S2. The predicted molar refractivity (Wildman–Crippen MR) is 70.6 cm³/mol. The first-order chi connectivity index (χ1) is 7.75. The van der Waals surface area contributed by atoms with Crippen LogP contribution >= 0.6 is 23.6 Å². The van der Waals surface area contributed by atoms with Gasteiger partial charge in [0.05, 0.1) is 11.9 Å². The Kier molecular flexibility index (Phi) is 2.08. The number of nitrogens with one attached hydrogen (secondary N) is 1. The number of H-pyrrole nitrogens is 1. The Bertz CT molecular complexity index is 705. The quantitative estimate of drug-likeness (QED) is 0.512. The van der Waals surface area contributed by atoms with E-state index in [1.165, 1.54) is 14.8 Å². The van der Waals surface area contributed by atoms with Crippen molar-refractivity contribution < 1.29 is 0 Å². The molecule has 5 heteroatoms. The van der Waals surface area contributed by atoms with Gasteiger partial charge in [0.1, 0.15) is 0 Å². The number of nitrogens with zero attached hydrogens (tertiary/aromatic N) is 1. The van der Waals surface area contributed by atoms with Gasteiger partial charge in [-0.1, -0.05) is 18.2 Å². The van der Waals surface area contributed by atoms with E-state index in [0.717, 1.165) is 11.3 Å². The minimum absolute atomic E-state index is 0.533. The largest absolute Gasteiger partial charge is 0.337 e. The van der Waals surface area contributed by atoms with Crippen molar-refractivity contribution in [3.05, 3.63) is 40.6 Å². The maximum absolute atomic E-state index is 5.68. The lowest BCUT2D eigenvalue weighted by Gasteiger charge is -1.94. The number of benzene rings is 1. The summed E-state index contributed by atoms with van der Waals surface area (Å²) in [5.74, 6) is 5.68. The third-order valence-corrected chi connectivity index (χ3v) is 3.79. The first-order valence-corrected chi connectivity index (χ1v) is 6.08. The highest BCUT2D eigenvalue weighted by atomic mass is 32.1. The summed E-state index contributed by atoms with van der Waals surface area (Å²) in [6.07, 6.45) is 1.82. The molecule has 0 aliphatic heterocycles. The van der Waals surface area contributed by atoms with Gasteiger partial charge in [-0.25, -0.2) is 4.68 Å². The third kappa shape index (κ3) is 1.36. The second-order valence-electron chi connectivity index (χ2n) is 3.53. The van der Waals surface area contributed by atoms with E-state index in [1.54, 1.807) is 11.3 Å². The number of rotatable bonds is 1. The molecule has 3 rings (SSSR count). The zero-order valence-corrected chi connectivity index (χ0v) is 9.94. The number of nitrogens with two attached hydrogens (primary N) is 1. The fourth-order valence-corrected chi connectivity index (χ4v) is 2.86. The molecule has 3 N–H and O–H groups in total. The van der Waals surface area contributed by atoms with E-state index in [0.29, 0.717) is 4.77 Å². The lowest BCUT2D eigenvalue weighted by molar-refractivity contribution is 0.977. The van der Waals surface area contributed by atoms with Crippen molar-refractivity contribution in [1.29, 1.82) is 0 Å². The molecule has 0 spiro atoms. The van der Waals surface area contributed by atoms with Crippen LogP contribution in [0.3, 0.4) is 0 Å². The second-order valence-corrected chi connectivity index (χ2v) is 4.82. The molecule has 3 nitrogen and oxygen atoms in total. The molecule has 0 aliphatic carbocycles. The number of nitrogen functional groups attached to an aromatic ring is 1. The first-order valence-electron chi connectivity index (χ1n) is 4.79. The van der Waals surface area contributed by atoms with Crippen molar-refractivity contribution in [2.75, 3.05) is 5.84 Å². The number of aromatic amines is 1. The average molecular weight is 247 g/mol. The van der Waals surface area contributed by atoms with E-state index >= 15 is 0 Å². The molecule has 0 radical (unpaired) electrons. The monoisotopic (exact) mass is 247 g/mol. The summed E-state index contributed by atoms with van der Waals surface area (Å²) in [6.45, 7) is 0. The highest BCUT2D eigenvalue weighted by Crippen LogP contribution is 2.32. The molecule has 0 fully saturated rings. The van der Waals surface area contributed by atoms with Crippen LogP contribution in [-0.4, -0.2) is 9.66 Å². The van der Waals surface area contributed by atoms with Gasteiger partial charge in [-0.15, -0.1) is 11.3 Å². The number of thiophene rings is 1. The van der Waals surface area contributed by atoms with Crippen molar-refractivity contribution in [2.24, 2.45) is 0 Å². The number of hydrogen-bond acceptors (Lipinski definition) is 3. The van der Waals surface area contributed by atoms with E-state index in [4.69, 9.17) is 18.1 Å². The summed E-state index contributed by atoms with van der Waals surface area (Å²) < 4.78 is 3.23. The van der Waals surface area contributed by atoms with Gasteiger partial charge in [0.15, 0.2) is 4.77 Å². The van der Waals surface area contributed by atoms with Crippen LogP contribution in [0.5, 0.6) is 0 Å². The number of imidazole rings is 1. The third-order valence-electron chi connectivity index (χ3n) is 2.52. The lowest BCUT2D eigenvalue weighted by Crippen LogP contribution is -2.05. The normalized spacial score (nSPS) is 11.0. The van der Waals surface area contributed by atoms with Gasteiger partial charge in [0, 0.05) is 21.0 Å². The van der Waals surface area contributed by atoms with Gasteiger partial charge in [0.25, 0.3) is 0 Å². The smallest absolute Gasteiger partial charge is 0.196 e. The lowest BCUT2D eigenvalue weighted by atomic mass is 10.1. The van der Waals surface area contributed by atoms with Crippen LogP contribution in [0.25, 0.3) is 21.3 Å². The number of fused-ring (bicyclic) bond motifs is 1. The molecule has 0 aliphatic rings. The minimum atomic E-state index is 0.533. The van der Waals surface area contributed by atoms with Crippen molar-refractivity contribution >= 4 is 33.6 Å². The highest BCUT2D eigenvalue weighted by Gasteiger charge is 2.07. The standard InChI is InChI=1S/C11H9N3S2/c12-14-5-9(13-11(14)15)8-6-16-10-4-2-1-3-7(8)10/h1-6H,12H2,(H,13,15). The van der Waals surface area contributed by atoms with Crippen LogP contribution < -0.4 is 5.84 Å². The van der Waals surface area contributed by atoms with Gasteiger partial charge in [-0.2, -0.15) is 0 Å². The SMILES string of the molecule is Nn1cc(-c2csc3ccccc23)[nH]c1=S.